The van der Waals surface area contributed by atoms with Crippen LogP contribution in [0.4, 0.5) is 4.79 Å². The summed E-state index contributed by atoms with van der Waals surface area (Å²) in [5.41, 5.74) is 3.62. The Morgan fingerprint density at radius 2 is 1.73 bits per heavy atom. The smallest absolute Gasteiger partial charge is 0.497 e. The normalized spacial score (nSPS) is 24.8. The molecule has 2 fully saturated rings. The molecule has 2 aliphatic heterocycles. The van der Waals surface area contributed by atoms with Gasteiger partial charge in [-0.05, 0) is 67.9 Å². The second-order valence-corrected chi connectivity index (χ2v) is 12.3. The number of benzene rings is 2. The Hall–Kier alpha value is -4.49. The van der Waals surface area contributed by atoms with Crippen LogP contribution in [0.15, 0.2) is 30.3 Å². The molecule has 1 aliphatic carbocycles. The van der Waals surface area contributed by atoms with Gasteiger partial charge in [0.15, 0.2) is 11.5 Å². The van der Waals surface area contributed by atoms with E-state index in [4.69, 9.17) is 37.9 Å². The minimum atomic E-state index is -0.942. The van der Waals surface area contributed by atoms with E-state index in [1.54, 1.807) is 14.0 Å². The number of nitrogens with zero attached hydrogens (tertiary/aromatic N) is 1. The highest BCUT2D eigenvalue weighted by atomic mass is 16.7. The molecule has 3 heterocycles. The number of H-pyrrole nitrogens is 1. The van der Waals surface area contributed by atoms with Gasteiger partial charge in [-0.2, -0.15) is 0 Å². The number of aromatic amines is 1. The topological polar surface area (TPSA) is 144 Å². The number of ether oxygens (including phenoxy) is 8. The lowest BCUT2D eigenvalue weighted by atomic mass is 9.63. The van der Waals surface area contributed by atoms with Crippen molar-refractivity contribution in [1.29, 1.82) is 0 Å². The van der Waals surface area contributed by atoms with Gasteiger partial charge in [0.05, 0.1) is 52.6 Å². The summed E-state index contributed by atoms with van der Waals surface area (Å²) in [6.45, 7) is 3.37. The standard InChI is InChI=1S/C35H42N2O11.H2/c1-7-46-35(40)48-31-26(42-3)12-18(13-27(31)43-4)33(38)47-28-14-19-17-37-11-10-22-21-9-8-20(41-2)15-24(21)36-30(22)25(37)16-23(19)29(32(28)44-5)34(39)45-6;/h8-9,12-13,15,19,23,25,28-29,32,36H,7,10-11,14,16-17H2,1-6H3;1H/t19-,23+,25-,28-,29+,32+;/m1./s1. The molecule has 0 bridgehead atoms. The third kappa shape index (κ3) is 6.00. The molecule has 1 aromatic heterocycles. The number of carbonyl (C=O) groups is 3. The van der Waals surface area contributed by atoms with Crippen LogP contribution in [-0.4, -0.2) is 95.4 Å². The van der Waals surface area contributed by atoms with Gasteiger partial charge in [-0.15, -0.1) is 0 Å². The Labute approximate surface area is 280 Å². The van der Waals surface area contributed by atoms with Gasteiger partial charge in [-0.25, -0.2) is 9.59 Å². The number of methoxy groups -OCH3 is 5. The molecule has 260 valence electrons. The SMILES string of the molecule is CCOC(=O)Oc1c(OC)cc(C(=O)O[C@@H]2C[C@@H]3CN4CCc5c([nH]c6cc(OC)ccc56)[C@H]4C[C@@H]3[C@H](C(=O)OC)[C@H]2OC)cc1OC.[HH]. The Kier molecular flexibility index (Phi) is 9.70. The van der Waals surface area contributed by atoms with Crippen molar-refractivity contribution in [2.45, 2.75) is 44.4 Å². The molecule has 0 amide bonds. The van der Waals surface area contributed by atoms with Gasteiger partial charge in [-0.3, -0.25) is 9.69 Å². The first-order chi connectivity index (χ1) is 23.2. The van der Waals surface area contributed by atoms with Crippen molar-refractivity contribution in [3.05, 3.63) is 47.2 Å². The fraction of sp³-hybridized carbons (Fsp3) is 0.514. The molecular formula is C35H44N2O11. The summed E-state index contributed by atoms with van der Waals surface area (Å²) in [4.78, 5) is 45.3. The van der Waals surface area contributed by atoms with Gasteiger partial charge in [-0.1, -0.05) is 0 Å². The van der Waals surface area contributed by atoms with Gasteiger partial charge >= 0.3 is 18.1 Å². The second-order valence-electron chi connectivity index (χ2n) is 12.3. The highest BCUT2D eigenvalue weighted by Crippen LogP contribution is 2.51. The van der Waals surface area contributed by atoms with Crippen molar-refractivity contribution in [2.75, 3.05) is 55.2 Å². The van der Waals surface area contributed by atoms with Gasteiger partial charge in [0.1, 0.15) is 18.0 Å². The number of hydrogen-bond acceptors (Lipinski definition) is 12. The Morgan fingerprint density at radius 3 is 2.38 bits per heavy atom. The van der Waals surface area contributed by atoms with Crippen LogP contribution in [0, 0.1) is 17.8 Å². The number of piperidine rings is 1. The molecule has 6 atom stereocenters. The third-order valence-electron chi connectivity index (χ3n) is 10.0. The van der Waals surface area contributed by atoms with Crippen LogP contribution in [0.3, 0.4) is 0 Å². The van der Waals surface area contributed by atoms with Crippen molar-refractivity contribution in [3.8, 4) is 23.0 Å². The molecule has 1 saturated heterocycles. The average Bonchev–Trinajstić information content (AvgIpc) is 3.48. The van der Waals surface area contributed by atoms with Crippen LogP contribution in [-0.2, 0) is 30.2 Å². The molecule has 3 aliphatic rings. The van der Waals surface area contributed by atoms with E-state index in [9.17, 15) is 14.4 Å². The van der Waals surface area contributed by atoms with E-state index in [1.807, 2.05) is 12.1 Å². The highest BCUT2D eigenvalue weighted by molar-refractivity contribution is 5.92. The van der Waals surface area contributed by atoms with Gasteiger partial charge in [0.2, 0.25) is 5.75 Å². The van der Waals surface area contributed by atoms with Crippen molar-refractivity contribution in [3.63, 3.8) is 0 Å². The lowest BCUT2D eigenvalue weighted by Crippen LogP contribution is -2.58. The van der Waals surface area contributed by atoms with Crippen molar-refractivity contribution < 1.29 is 53.7 Å². The predicted molar refractivity (Wildman–Crippen MR) is 174 cm³/mol. The zero-order chi connectivity index (χ0) is 34.1. The molecule has 0 spiro atoms. The van der Waals surface area contributed by atoms with E-state index in [2.05, 4.69) is 16.0 Å². The zero-order valence-electron chi connectivity index (χ0n) is 28.0. The third-order valence-corrected chi connectivity index (χ3v) is 10.0. The number of rotatable bonds is 9. The Balaban J connectivity index is 0.00000468. The highest BCUT2D eigenvalue weighted by Gasteiger charge is 2.54. The molecule has 1 saturated carbocycles. The van der Waals surface area contributed by atoms with Crippen LogP contribution >= 0.6 is 0 Å². The number of nitrogens with one attached hydrogen (secondary N) is 1. The van der Waals surface area contributed by atoms with Crippen LogP contribution in [0.2, 0.25) is 0 Å². The van der Waals surface area contributed by atoms with Crippen LogP contribution < -0.4 is 18.9 Å². The van der Waals surface area contributed by atoms with Crippen molar-refractivity contribution in [1.82, 2.24) is 9.88 Å². The minimum Gasteiger partial charge on any atom is -0.497 e. The monoisotopic (exact) mass is 668 g/mol. The first-order valence-corrected chi connectivity index (χ1v) is 16.1. The number of hydrogen-bond donors (Lipinski definition) is 1. The van der Waals surface area contributed by atoms with E-state index in [1.165, 1.54) is 57.2 Å². The summed E-state index contributed by atoms with van der Waals surface area (Å²) in [5.74, 6) is -0.833. The van der Waals surface area contributed by atoms with E-state index < -0.39 is 36.2 Å². The summed E-state index contributed by atoms with van der Waals surface area (Å²) in [5, 5.41) is 1.19. The lowest BCUT2D eigenvalue weighted by molar-refractivity contribution is -0.176. The Bertz CT molecular complexity index is 1670. The molecule has 0 radical (unpaired) electrons. The molecule has 13 heteroatoms. The van der Waals surface area contributed by atoms with E-state index in [0.29, 0.717) is 6.42 Å². The molecule has 2 aromatic carbocycles. The van der Waals surface area contributed by atoms with E-state index in [-0.39, 0.29) is 48.7 Å². The first-order valence-electron chi connectivity index (χ1n) is 16.1. The predicted octanol–water partition coefficient (Wildman–Crippen LogP) is 4.94. The summed E-state index contributed by atoms with van der Waals surface area (Å²) in [6, 6.07) is 9.00. The lowest BCUT2D eigenvalue weighted by Gasteiger charge is -2.52. The largest absolute Gasteiger partial charge is 0.514 e. The Morgan fingerprint density at radius 1 is 0.979 bits per heavy atom. The number of aromatic nitrogens is 1. The summed E-state index contributed by atoms with van der Waals surface area (Å²) < 4.78 is 43.8. The molecule has 1 N–H and O–H groups in total. The minimum absolute atomic E-state index is 0. The quantitative estimate of drug-likeness (QED) is 0.187. The molecule has 6 rings (SSSR count). The second kappa shape index (κ2) is 13.9. The number of fused-ring (bicyclic) bond motifs is 6. The van der Waals surface area contributed by atoms with Crippen LogP contribution in [0.1, 0.15) is 48.8 Å². The fourth-order valence-electron chi connectivity index (χ4n) is 7.89. The van der Waals surface area contributed by atoms with Crippen molar-refractivity contribution >= 4 is 29.0 Å². The number of carbonyl (C=O) groups excluding carboxylic acids is 3. The van der Waals surface area contributed by atoms with Crippen molar-refractivity contribution in [2.24, 2.45) is 17.8 Å². The molecule has 3 aromatic rings. The molecule has 48 heavy (non-hydrogen) atoms. The summed E-state index contributed by atoms with van der Waals surface area (Å²) >= 11 is 0. The molecule has 13 nitrogen and oxygen atoms in total. The maximum absolute atomic E-state index is 13.7. The molecular weight excluding hydrogens is 624 g/mol. The van der Waals surface area contributed by atoms with E-state index >= 15 is 0 Å². The maximum atomic E-state index is 13.7. The molecule has 0 unspecified atom stereocenters. The van der Waals surface area contributed by atoms with Crippen LogP contribution in [0.5, 0.6) is 23.0 Å². The van der Waals surface area contributed by atoms with E-state index in [0.717, 1.165) is 37.2 Å². The maximum Gasteiger partial charge on any atom is 0.514 e. The van der Waals surface area contributed by atoms with Crippen LogP contribution in [0.25, 0.3) is 10.9 Å². The number of esters is 2. The van der Waals surface area contributed by atoms with Gasteiger partial charge in [0, 0.05) is 44.3 Å². The van der Waals surface area contributed by atoms with Gasteiger partial charge in [0.25, 0.3) is 0 Å². The fourth-order valence-corrected chi connectivity index (χ4v) is 7.89. The zero-order valence-corrected chi connectivity index (χ0v) is 28.0. The average molecular weight is 669 g/mol. The van der Waals surface area contributed by atoms with Gasteiger partial charge < -0.3 is 42.9 Å². The first kappa shape index (κ1) is 33.4. The summed E-state index contributed by atoms with van der Waals surface area (Å²) in [6.07, 6.45) is -0.298. The summed E-state index contributed by atoms with van der Waals surface area (Å²) in [7, 11) is 7.30.